The Morgan fingerprint density at radius 3 is 2.67 bits per heavy atom. The van der Waals surface area contributed by atoms with Crippen molar-refractivity contribution in [3.8, 4) is 0 Å². The molecule has 0 saturated carbocycles. The lowest BCUT2D eigenvalue weighted by Crippen LogP contribution is -2.40. The van der Waals surface area contributed by atoms with E-state index in [1.807, 2.05) is 0 Å². The van der Waals surface area contributed by atoms with Crippen LogP contribution in [-0.2, 0) is 4.79 Å². The fourth-order valence-electron chi connectivity index (χ4n) is 1.29. The average molecular weight is 316 g/mol. The third-order valence-electron chi connectivity index (χ3n) is 2.12. The van der Waals surface area contributed by atoms with Gasteiger partial charge in [0.25, 0.3) is 5.91 Å². The molecule has 96 valence electrons. The second-order valence-corrected chi connectivity index (χ2v) is 4.72. The summed E-state index contributed by atoms with van der Waals surface area (Å²) in [7, 11) is 0. The van der Waals surface area contributed by atoms with Gasteiger partial charge in [0.15, 0.2) is 0 Å². The molecular formula is C12H11BrFNO3. The SMILES string of the molecule is C=C(Br)C[C@@H](NC(=O)c1cccc(F)c1)C(=O)O. The molecule has 18 heavy (non-hydrogen) atoms. The van der Waals surface area contributed by atoms with E-state index in [1.165, 1.54) is 18.2 Å². The first-order valence-electron chi connectivity index (χ1n) is 5.02. The zero-order valence-electron chi connectivity index (χ0n) is 9.32. The minimum Gasteiger partial charge on any atom is -0.480 e. The van der Waals surface area contributed by atoms with Crippen LogP contribution in [0.15, 0.2) is 35.3 Å². The van der Waals surface area contributed by atoms with Gasteiger partial charge in [-0.3, -0.25) is 4.79 Å². The van der Waals surface area contributed by atoms with E-state index < -0.39 is 23.7 Å². The Morgan fingerprint density at radius 2 is 2.17 bits per heavy atom. The molecule has 1 atom stereocenters. The monoisotopic (exact) mass is 315 g/mol. The zero-order valence-corrected chi connectivity index (χ0v) is 10.9. The van der Waals surface area contributed by atoms with Gasteiger partial charge in [-0.15, -0.1) is 0 Å². The fraction of sp³-hybridized carbons (Fsp3) is 0.167. The average Bonchev–Trinajstić information content (AvgIpc) is 2.27. The van der Waals surface area contributed by atoms with Crippen LogP contribution >= 0.6 is 15.9 Å². The van der Waals surface area contributed by atoms with Gasteiger partial charge >= 0.3 is 5.97 Å². The molecule has 6 heteroatoms. The van der Waals surface area contributed by atoms with Crippen molar-refractivity contribution in [3.63, 3.8) is 0 Å². The molecule has 4 nitrogen and oxygen atoms in total. The molecular weight excluding hydrogens is 305 g/mol. The molecule has 1 rings (SSSR count). The summed E-state index contributed by atoms with van der Waals surface area (Å²) in [6.45, 7) is 3.51. The molecule has 0 spiro atoms. The fourth-order valence-corrected chi connectivity index (χ4v) is 1.62. The lowest BCUT2D eigenvalue weighted by atomic mass is 10.1. The number of carboxylic acids is 1. The molecule has 0 aromatic heterocycles. The van der Waals surface area contributed by atoms with E-state index >= 15 is 0 Å². The Bertz CT molecular complexity index is 490. The van der Waals surface area contributed by atoms with Gasteiger partial charge in [0, 0.05) is 12.0 Å². The van der Waals surface area contributed by atoms with Crippen LogP contribution in [0.1, 0.15) is 16.8 Å². The first-order chi connectivity index (χ1) is 8.40. The topological polar surface area (TPSA) is 66.4 Å². The molecule has 0 saturated heterocycles. The van der Waals surface area contributed by atoms with E-state index in [-0.39, 0.29) is 12.0 Å². The Morgan fingerprint density at radius 1 is 1.50 bits per heavy atom. The minimum atomic E-state index is -1.18. The van der Waals surface area contributed by atoms with Gasteiger partial charge in [0.1, 0.15) is 11.9 Å². The maximum Gasteiger partial charge on any atom is 0.326 e. The van der Waals surface area contributed by atoms with Crippen molar-refractivity contribution in [2.24, 2.45) is 0 Å². The van der Waals surface area contributed by atoms with Crippen LogP contribution in [0.3, 0.4) is 0 Å². The van der Waals surface area contributed by atoms with Crippen LogP contribution in [0.5, 0.6) is 0 Å². The Kier molecular flexibility index (Phi) is 5.03. The zero-order chi connectivity index (χ0) is 13.7. The van der Waals surface area contributed by atoms with Gasteiger partial charge in [0.2, 0.25) is 0 Å². The molecule has 2 N–H and O–H groups in total. The molecule has 0 unspecified atom stereocenters. The molecule has 0 aliphatic rings. The van der Waals surface area contributed by atoms with Gasteiger partial charge in [-0.05, 0) is 22.7 Å². The second-order valence-electron chi connectivity index (χ2n) is 3.60. The van der Waals surface area contributed by atoms with Crippen molar-refractivity contribution in [3.05, 3.63) is 46.7 Å². The number of nitrogens with one attached hydrogen (secondary N) is 1. The van der Waals surface area contributed by atoms with Crippen LogP contribution in [0.2, 0.25) is 0 Å². The molecule has 0 aliphatic carbocycles. The molecule has 1 amide bonds. The predicted octanol–water partition coefficient (Wildman–Crippen LogP) is 2.31. The van der Waals surface area contributed by atoms with E-state index in [2.05, 4.69) is 27.8 Å². The molecule has 1 aromatic carbocycles. The molecule has 0 fully saturated rings. The van der Waals surface area contributed by atoms with Crippen molar-refractivity contribution in [2.75, 3.05) is 0 Å². The first kappa shape index (κ1) is 14.4. The van der Waals surface area contributed by atoms with E-state index in [9.17, 15) is 14.0 Å². The third kappa shape index (κ3) is 4.29. The minimum absolute atomic E-state index is 0.0520. The van der Waals surface area contributed by atoms with Gasteiger partial charge < -0.3 is 10.4 Å². The van der Waals surface area contributed by atoms with Crippen LogP contribution in [0.4, 0.5) is 4.39 Å². The number of carbonyl (C=O) groups is 2. The van der Waals surface area contributed by atoms with Gasteiger partial charge in [-0.1, -0.05) is 28.6 Å². The summed E-state index contributed by atoms with van der Waals surface area (Å²) in [4.78, 5) is 22.6. The summed E-state index contributed by atoms with van der Waals surface area (Å²) in [5.74, 6) is -2.38. The van der Waals surface area contributed by atoms with E-state index in [0.717, 1.165) is 6.07 Å². The lowest BCUT2D eigenvalue weighted by molar-refractivity contribution is -0.139. The van der Waals surface area contributed by atoms with Gasteiger partial charge in [-0.25, -0.2) is 9.18 Å². The molecule has 0 aliphatic heterocycles. The molecule has 0 radical (unpaired) electrons. The van der Waals surface area contributed by atoms with Crippen LogP contribution in [0, 0.1) is 5.82 Å². The van der Waals surface area contributed by atoms with Crippen molar-refractivity contribution >= 4 is 27.8 Å². The Balaban J connectivity index is 2.78. The summed E-state index contributed by atoms with van der Waals surface area (Å²) in [5, 5.41) is 11.2. The molecule has 1 aromatic rings. The highest BCUT2D eigenvalue weighted by Crippen LogP contribution is 2.11. The lowest BCUT2D eigenvalue weighted by Gasteiger charge is -2.13. The smallest absolute Gasteiger partial charge is 0.326 e. The van der Waals surface area contributed by atoms with Crippen molar-refractivity contribution in [1.29, 1.82) is 0 Å². The maximum atomic E-state index is 12.9. The number of carboxylic acid groups (broad SMARTS) is 1. The van der Waals surface area contributed by atoms with Crippen molar-refractivity contribution in [2.45, 2.75) is 12.5 Å². The van der Waals surface area contributed by atoms with Crippen LogP contribution in [-0.4, -0.2) is 23.0 Å². The summed E-state index contributed by atoms with van der Waals surface area (Å²) in [6, 6.07) is 3.92. The quantitative estimate of drug-likeness (QED) is 0.876. The highest BCUT2D eigenvalue weighted by molar-refractivity contribution is 9.11. The van der Waals surface area contributed by atoms with Gasteiger partial charge in [0.05, 0.1) is 0 Å². The largest absolute Gasteiger partial charge is 0.480 e. The summed E-state index contributed by atoms with van der Waals surface area (Å²) >= 11 is 3.03. The molecule has 0 heterocycles. The number of hydrogen-bond donors (Lipinski definition) is 2. The summed E-state index contributed by atoms with van der Waals surface area (Å²) in [6.07, 6.45) is 0.0520. The number of halogens is 2. The second kappa shape index (κ2) is 6.30. The van der Waals surface area contributed by atoms with E-state index in [0.29, 0.717) is 4.48 Å². The van der Waals surface area contributed by atoms with Crippen LogP contribution in [0.25, 0.3) is 0 Å². The number of carbonyl (C=O) groups excluding carboxylic acids is 1. The Labute approximate surface area is 112 Å². The van der Waals surface area contributed by atoms with Crippen LogP contribution < -0.4 is 5.32 Å². The van der Waals surface area contributed by atoms with Gasteiger partial charge in [-0.2, -0.15) is 0 Å². The number of hydrogen-bond acceptors (Lipinski definition) is 2. The standard InChI is InChI=1S/C12H11BrFNO3/c1-7(13)5-10(12(17)18)15-11(16)8-3-2-4-9(14)6-8/h2-4,6,10H,1,5H2,(H,15,16)(H,17,18)/t10-/m1/s1. The van der Waals surface area contributed by atoms with Crippen molar-refractivity contribution in [1.82, 2.24) is 5.32 Å². The highest BCUT2D eigenvalue weighted by atomic mass is 79.9. The summed E-state index contributed by atoms with van der Waals surface area (Å²) < 4.78 is 13.4. The Hall–Kier alpha value is -1.69. The number of rotatable bonds is 5. The first-order valence-corrected chi connectivity index (χ1v) is 5.82. The van der Waals surface area contributed by atoms with E-state index in [1.54, 1.807) is 0 Å². The number of benzene rings is 1. The third-order valence-corrected chi connectivity index (χ3v) is 2.44. The normalized spacial score (nSPS) is 11.7. The number of aliphatic carboxylic acids is 1. The van der Waals surface area contributed by atoms with E-state index in [4.69, 9.17) is 5.11 Å². The number of amides is 1. The highest BCUT2D eigenvalue weighted by Gasteiger charge is 2.21. The maximum absolute atomic E-state index is 12.9. The predicted molar refractivity (Wildman–Crippen MR) is 68.0 cm³/mol. The van der Waals surface area contributed by atoms with Crippen molar-refractivity contribution < 1.29 is 19.1 Å². The molecule has 0 bridgehead atoms. The summed E-state index contributed by atoms with van der Waals surface area (Å²) in [5.41, 5.74) is 0.0708.